The zero-order valence-corrected chi connectivity index (χ0v) is 11.6. The average Bonchev–Trinajstić information content (AvgIpc) is 2.32. The van der Waals surface area contributed by atoms with Crippen LogP contribution in [0.15, 0.2) is 24.3 Å². The van der Waals surface area contributed by atoms with Gasteiger partial charge in [0.2, 0.25) is 5.91 Å². The average molecular weight is 248 g/mol. The summed E-state index contributed by atoms with van der Waals surface area (Å²) in [6, 6.07) is 7.78. The largest absolute Gasteiger partial charge is 0.324 e. The molecule has 0 bridgehead atoms. The van der Waals surface area contributed by atoms with Crippen LogP contribution in [0.1, 0.15) is 45.1 Å². The highest BCUT2D eigenvalue weighted by atomic mass is 16.2. The molecule has 0 spiro atoms. The quantitative estimate of drug-likeness (QED) is 0.812. The van der Waals surface area contributed by atoms with Gasteiger partial charge in [-0.1, -0.05) is 44.4 Å². The second-order valence-electron chi connectivity index (χ2n) is 4.98. The molecule has 1 amide bonds. The Hall–Kier alpha value is -1.35. The fourth-order valence-corrected chi connectivity index (χ4v) is 2.14. The molecular formula is C15H24N2O. The first kappa shape index (κ1) is 14.7. The molecule has 0 fully saturated rings. The van der Waals surface area contributed by atoms with Gasteiger partial charge in [-0.2, -0.15) is 0 Å². The normalized spacial score (nSPS) is 11.3. The van der Waals surface area contributed by atoms with Crippen LogP contribution in [0.4, 0.5) is 5.69 Å². The molecule has 3 heteroatoms. The van der Waals surface area contributed by atoms with Crippen LogP contribution >= 0.6 is 0 Å². The van der Waals surface area contributed by atoms with Crippen molar-refractivity contribution in [3.05, 3.63) is 29.8 Å². The van der Waals surface area contributed by atoms with E-state index in [1.54, 1.807) is 0 Å². The molecule has 3 N–H and O–H groups in total. The van der Waals surface area contributed by atoms with Gasteiger partial charge in [0, 0.05) is 5.69 Å². The molecule has 100 valence electrons. The second kappa shape index (κ2) is 6.55. The number of nitrogens with one attached hydrogen (secondary N) is 1. The van der Waals surface area contributed by atoms with E-state index < -0.39 is 5.54 Å². The summed E-state index contributed by atoms with van der Waals surface area (Å²) < 4.78 is 0. The minimum Gasteiger partial charge on any atom is -0.324 e. The maximum atomic E-state index is 12.3. The summed E-state index contributed by atoms with van der Waals surface area (Å²) in [5.74, 6) is -0.0740. The standard InChI is InChI=1S/C15H24N2O/c1-4-10-15(16,11-5-2)14(18)17-13-8-6-12(3)7-9-13/h6-9H,4-5,10-11,16H2,1-3H3,(H,17,18). The smallest absolute Gasteiger partial charge is 0.244 e. The van der Waals surface area contributed by atoms with E-state index >= 15 is 0 Å². The number of hydrogen-bond donors (Lipinski definition) is 2. The Bertz CT molecular complexity index is 378. The van der Waals surface area contributed by atoms with E-state index in [9.17, 15) is 4.79 Å². The molecule has 0 radical (unpaired) electrons. The summed E-state index contributed by atoms with van der Waals surface area (Å²) >= 11 is 0. The number of anilines is 1. The highest BCUT2D eigenvalue weighted by Crippen LogP contribution is 2.19. The summed E-state index contributed by atoms with van der Waals surface area (Å²) in [6.45, 7) is 6.12. The predicted octanol–water partition coefficient (Wildman–Crippen LogP) is 3.23. The maximum absolute atomic E-state index is 12.3. The molecule has 0 aromatic heterocycles. The van der Waals surface area contributed by atoms with Gasteiger partial charge < -0.3 is 11.1 Å². The van der Waals surface area contributed by atoms with Gasteiger partial charge in [0.1, 0.15) is 0 Å². The molecule has 0 aliphatic carbocycles. The first-order chi connectivity index (χ1) is 8.51. The third-order valence-corrected chi connectivity index (χ3v) is 3.15. The highest BCUT2D eigenvalue weighted by Gasteiger charge is 2.31. The van der Waals surface area contributed by atoms with E-state index in [1.165, 1.54) is 5.56 Å². The van der Waals surface area contributed by atoms with E-state index in [0.29, 0.717) is 0 Å². The molecule has 0 aliphatic rings. The molecule has 0 atom stereocenters. The Morgan fingerprint density at radius 1 is 1.17 bits per heavy atom. The van der Waals surface area contributed by atoms with Crippen molar-refractivity contribution in [2.45, 2.75) is 52.0 Å². The summed E-state index contributed by atoms with van der Waals surface area (Å²) in [6.07, 6.45) is 3.27. The fourth-order valence-electron chi connectivity index (χ4n) is 2.14. The monoisotopic (exact) mass is 248 g/mol. The lowest BCUT2D eigenvalue weighted by Gasteiger charge is -2.27. The van der Waals surface area contributed by atoms with E-state index in [-0.39, 0.29) is 5.91 Å². The van der Waals surface area contributed by atoms with Crippen molar-refractivity contribution in [3.63, 3.8) is 0 Å². The van der Waals surface area contributed by atoms with Crippen LogP contribution in [0.2, 0.25) is 0 Å². The number of carbonyl (C=O) groups excluding carboxylic acids is 1. The summed E-state index contributed by atoms with van der Waals surface area (Å²) in [4.78, 5) is 12.3. The van der Waals surface area contributed by atoms with Crippen molar-refractivity contribution in [2.24, 2.45) is 5.73 Å². The summed E-state index contributed by atoms with van der Waals surface area (Å²) in [5, 5.41) is 2.92. The van der Waals surface area contributed by atoms with Gasteiger partial charge in [-0.25, -0.2) is 0 Å². The molecule has 0 aliphatic heterocycles. The van der Waals surface area contributed by atoms with Crippen LogP contribution in [0, 0.1) is 6.92 Å². The topological polar surface area (TPSA) is 55.1 Å². The number of rotatable bonds is 6. The zero-order chi connectivity index (χ0) is 13.6. The van der Waals surface area contributed by atoms with E-state index in [0.717, 1.165) is 31.4 Å². The minimum atomic E-state index is -0.742. The second-order valence-corrected chi connectivity index (χ2v) is 4.98. The lowest BCUT2D eigenvalue weighted by atomic mass is 9.89. The van der Waals surface area contributed by atoms with Crippen LogP contribution in [-0.2, 0) is 4.79 Å². The Morgan fingerprint density at radius 3 is 2.11 bits per heavy atom. The maximum Gasteiger partial charge on any atom is 0.244 e. The number of amides is 1. The van der Waals surface area contributed by atoms with Crippen molar-refractivity contribution >= 4 is 11.6 Å². The zero-order valence-electron chi connectivity index (χ0n) is 11.6. The van der Waals surface area contributed by atoms with E-state index in [1.807, 2.05) is 31.2 Å². The molecule has 0 unspecified atom stereocenters. The third kappa shape index (κ3) is 3.84. The van der Waals surface area contributed by atoms with E-state index in [2.05, 4.69) is 19.2 Å². The minimum absolute atomic E-state index is 0.0740. The van der Waals surface area contributed by atoms with Crippen molar-refractivity contribution in [1.29, 1.82) is 0 Å². The number of nitrogens with two attached hydrogens (primary N) is 1. The van der Waals surface area contributed by atoms with Gasteiger partial charge in [-0.3, -0.25) is 4.79 Å². The van der Waals surface area contributed by atoms with Crippen molar-refractivity contribution < 1.29 is 4.79 Å². The molecule has 0 saturated heterocycles. The van der Waals surface area contributed by atoms with Gasteiger partial charge in [-0.05, 0) is 31.9 Å². The fraction of sp³-hybridized carbons (Fsp3) is 0.533. The number of aryl methyl sites for hydroxylation is 1. The van der Waals surface area contributed by atoms with Crippen LogP contribution in [0.3, 0.4) is 0 Å². The lowest BCUT2D eigenvalue weighted by Crippen LogP contribution is -2.51. The van der Waals surface area contributed by atoms with Crippen LogP contribution < -0.4 is 11.1 Å². The number of carbonyl (C=O) groups is 1. The molecule has 3 nitrogen and oxygen atoms in total. The molecule has 1 aromatic rings. The molecule has 1 rings (SSSR count). The number of hydrogen-bond acceptors (Lipinski definition) is 2. The van der Waals surface area contributed by atoms with Crippen LogP contribution in [-0.4, -0.2) is 11.4 Å². The molecular weight excluding hydrogens is 224 g/mol. The van der Waals surface area contributed by atoms with Crippen LogP contribution in [0.5, 0.6) is 0 Å². The molecule has 18 heavy (non-hydrogen) atoms. The first-order valence-corrected chi connectivity index (χ1v) is 6.69. The van der Waals surface area contributed by atoms with Gasteiger partial charge in [0.05, 0.1) is 5.54 Å². The van der Waals surface area contributed by atoms with Crippen LogP contribution in [0.25, 0.3) is 0 Å². The van der Waals surface area contributed by atoms with E-state index in [4.69, 9.17) is 5.73 Å². The third-order valence-electron chi connectivity index (χ3n) is 3.15. The SMILES string of the molecule is CCCC(N)(CCC)C(=O)Nc1ccc(C)cc1. The Labute approximate surface area is 110 Å². The Kier molecular flexibility index (Phi) is 5.35. The van der Waals surface area contributed by atoms with Crippen molar-refractivity contribution in [3.8, 4) is 0 Å². The lowest BCUT2D eigenvalue weighted by molar-refractivity contribution is -0.121. The number of benzene rings is 1. The Morgan fingerprint density at radius 2 is 1.67 bits per heavy atom. The summed E-state index contributed by atoms with van der Waals surface area (Å²) in [7, 11) is 0. The van der Waals surface area contributed by atoms with Gasteiger partial charge >= 0.3 is 0 Å². The molecule has 0 heterocycles. The predicted molar refractivity (Wildman–Crippen MR) is 76.5 cm³/mol. The van der Waals surface area contributed by atoms with Gasteiger partial charge in [0.15, 0.2) is 0 Å². The molecule has 1 aromatic carbocycles. The molecule has 0 saturated carbocycles. The first-order valence-electron chi connectivity index (χ1n) is 6.69. The van der Waals surface area contributed by atoms with Gasteiger partial charge in [-0.15, -0.1) is 0 Å². The highest BCUT2D eigenvalue weighted by molar-refractivity contribution is 5.97. The van der Waals surface area contributed by atoms with Crippen molar-refractivity contribution in [2.75, 3.05) is 5.32 Å². The van der Waals surface area contributed by atoms with Gasteiger partial charge in [0.25, 0.3) is 0 Å². The Balaban J connectivity index is 2.75. The summed E-state index contributed by atoms with van der Waals surface area (Å²) in [5.41, 5.74) is 7.47. The van der Waals surface area contributed by atoms with Crippen molar-refractivity contribution in [1.82, 2.24) is 0 Å².